The van der Waals surface area contributed by atoms with Crippen molar-refractivity contribution in [3.63, 3.8) is 0 Å². The molecule has 1 aromatic carbocycles. The molecule has 27 heavy (non-hydrogen) atoms. The average molecular weight is 393 g/mol. The van der Waals surface area contributed by atoms with Gasteiger partial charge in [0.15, 0.2) is 0 Å². The van der Waals surface area contributed by atoms with Gasteiger partial charge in [-0.2, -0.15) is 0 Å². The highest BCUT2D eigenvalue weighted by molar-refractivity contribution is 8.00. The molecule has 1 aliphatic heterocycles. The molecule has 4 nitrogen and oxygen atoms in total. The molecule has 0 unspecified atom stereocenters. The van der Waals surface area contributed by atoms with E-state index in [0.717, 1.165) is 12.8 Å². The number of rotatable bonds is 3. The number of nitrogens with one attached hydrogen (secondary N) is 1. The number of thioether (sulfide) groups is 1. The van der Waals surface area contributed by atoms with E-state index >= 15 is 0 Å². The second kappa shape index (κ2) is 8.21. The minimum atomic E-state index is -0.487. The predicted molar refractivity (Wildman–Crippen MR) is 107 cm³/mol. The third-order valence-corrected chi connectivity index (χ3v) is 6.68. The summed E-state index contributed by atoms with van der Waals surface area (Å²) >= 11 is 1.72. The number of carbonyl (C=O) groups is 2. The number of hydrogen-bond acceptors (Lipinski definition) is 3. The molecule has 3 rings (SSSR count). The maximum absolute atomic E-state index is 13.3. The number of carbonyl (C=O) groups excluding carboxylic acids is 2. The first kappa shape index (κ1) is 20.2. The number of halogens is 1. The van der Waals surface area contributed by atoms with Crippen molar-refractivity contribution in [2.24, 2.45) is 5.92 Å². The van der Waals surface area contributed by atoms with E-state index in [1.165, 1.54) is 43.5 Å². The maximum Gasteiger partial charge on any atom is 0.255 e. The molecule has 148 valence electrons. The summed E-state index contributed by atoms with van der Waals surface area (Å²) in [6.45, 7) is 5.83. The SMILES string of the molecule is CC(C)(C)NC(=O)[C@H]1CS[C@@H](C2CCCCC2)N1C(=O)c1ccc(F)cc1. The van der Waals surface area contributed by atoms with E-state index in [-0.39, 0.29) is 28.5 Å². The number of benzene rings is 1. The number of hydrogen-bond donors (Lipinski definition) is 1. The van der Waals surface area contributed by atoms with E-state index in [9.17, 15) is 14.0 Å². The molecule has 1 saturated carbocycles. The molecule has 0 spiro atoms. The summed E-state index contributed by atoms with van der Waals surface area (Å²) in [6, 6.07) is 5.14. The molecule has 1 heterocycles. The molecule has 1 aliphatic carbocycles. The van der Waals surface area contributed by atoms with Crippen molar-refractivity contribution >= 4 is 23.6 Å². The fourth-order valence-corrected chi connectivity index (χ4v) is 5.60. The zero-order valence-corrected chi connectivity index (χ0v) is 17.2. The molecular formula is C21H29FN2O2S. The highest BCUT2D eigenvalue weighted by atomic mass is 32.2. The van der Waals surface area contributed by atoms with Gasteiger partial charge in [0.2, 0.25) is 5.91 Å². The Morgan fingerprint density at radius 3 is 2.33 bits per heavy atom. The summed E-state index contributed by atoms with van der Waals surface area (Å²) in [7, 11) is 0. The van der Waals surface area contributed by atoms with Crippen LogP contribution in [0.15, 0.2) is 24.3 Å². The molecular weight excluding hydrogens is 363 g/mol. The summed E-state index contributed by atoms with van der Waals surface area (Å²) in [5.41, 5.74) is 0.0863. The third kappa shape index (κ3) is 4.84. The minimum absolute atomic E-state index is 0.0126. The van der Waals surface area contributed by atoms with Crippen molar-refractivity contribution in [3.8, 4) is 0 Å². The zero-order chi connectivity index (χ0) is 19.6. The Labute approximate surface area is 165 Å². The van der Waals surface area contributed by atoms with Crippen molar-refractivity contribution in [1.29, 1.82) is 0 Å². The van der Waals surface area contributed by atoms with Gasteiger partial charge in [-0.05, 0) is 63.8 Å². The molecule has 2 amide bonds. The second-order valence-corrected chi connectivity index (χ2v) is 9.75. The van der Waals surface area contributed by atoms with Crippen LogP contribution in [0.5, 0.6) is 0 Å². The normalized spacial score (nSPS) is 24.1. The number of amides is 2. The van der Waals surface area contributed by atoms with Gasteiger partial charge in [-0.3, -0.25) is 9.59 Å². The summed E-state index contributed by atoms with van der Waals surface area (Å²) in [5.74, 6) is 0.373. The topological polar surface area (TPSA) is 49.4 Å². The Balaban J connectivity index is 1.87. The predicted octanol–water partition coefficient (Wildman–Crippen LogP) is 4.20. The molecule has 1 aromatic rings. The van der Waals surface area contributed by atoms with Crippen molar-refractivity contribution in [2.45, 2.75) is 69.8 Å². The quantitative estimate of drug-likeness (QED) is 0.839. The highest BCUT2D eigenvalue weighted by Crippen LogP contribution is 2.41. The van der Waals surface area contributed by atoms with E-state index in [1.54, 1.807) is 16.7 Å². The van der Waals surface area contributed by atoms with Gasteiger partial charge >= 0.3 is 0 Å². The van der Waals surface area contributed by atoms with Gasteiger partial charge in [-0.25, -0.2) is 4.39 Å². The fourth-order valence-electron chi connectivity index (χ4n) is 3.96. The fraction of sp³-hybridized carbons (Fsp3) is 0.619. The molecule has 2 fully saturated rings. The zero-order valence-electron chi connectivity index (χ0n) is 16.3. The first-order valence-electron chi connectivity index (χ1n) is 9.78. The Morgan fingerprint density at radius 1 is 1.11 bits per heavy atom. The lowest BCUT2D eigenvalue weighted by atomic mass is 9.88. The van der Waals surface area contributed by atoms with Crippen molar-refractivity contribution < 1.29 is 14.0 Å². The molecule has 0 bridgehead atoms. The largest absolute Gasteiger partial charge is 0.350 e. The van der Waals surface area contributed by atoms with E-state index in [0.29, 0.717) is 17.2 Å². The van der Waals surface area contributed by atoms with Crippen molar-refractivity contribution in [2.75, 3.05) is 5.75 Å². The van der Waals surface area contributed by atoms with Gasteiger partial charge in [0.25, 0.3) is 5.91 Å². The van der Waals surface area contributed by atoms with Crippen LogP contribution in [0.25, 0.3) is 0 Å². The summed E-state index contributed by atoms with van der Waals surface area (Å²) in [4.78, 5) is 28.0. The lowest BCUT2D eigenvalue weighted by Gasteiger charge is -2.36. The van der Waals surface area contributed by atoms with Crippen LogP contribution in [0, 0.1) is 11.7 Å². The van der Waals surface area contributed by atoms with Gasteiger partial charge in [0.1, 0.15) is 11.9 Å². The molecule has 2 atom stereocenters. The Kier molecular flexibility index (Phi) is 6.14. The van der Waals surface area contributed by atoms with E-state index < -0.39 is 6.04 Å². The summed E-state index contributed by atoms with van der Waals surface area (Å²) in [6.07, 6.45) is 5.79. The number of nitrogens with zero attached hydrogens (tertiary/aromatic N) is 1. The standard InChI is InChI=1S/C21H29FN2O2S/c1-21(2,3)23-18(25)17-13-27-20(15-7-5-4-6-8-15)24(17)19(26)14-9-11-16(22)12-10-14/h9-12,15,17,20H,4-8,13H2,1-3H3,(H,23,25)/t17-,20+/m1/s1. The highest BCUT2D eigenvalue weighted by Gasteiger charge is 2.45. The molecule has 0 radical (unpaired) electrons. The molecule has 6 heteroatoms. The lowest BCUT2D eigenvalue weighted by Crippen LogP contribution is -2.54. The van der Waals surface area contributed by atoms with Crippen LogP contribution in [-0.4, -0.2) is 39.4 Å². The monoisotopic (exact) mass is 392 g/mol. The third-order valence-electron chi connectivity index (χ3n) is 5.21. The molecule has 2 aliphatic rings. The van der Waals surface area contributed by atoms with Crippen LogP contribution in [-0.2, 0) is 4.79 Å². The second-order valence-electron chi connectivity index (χ2n) is 8.60. The van der Waals surface area contributed by atoms with Gasteiger partial charge in [-0.15, -0.1) is 11.8 Å². The van der Waals surface area contributed by atoms with Gasteiger partial charge in [-0.1, -0.05) is 19.3 Å². The average Bonchev–Trinajstić information content (AvgIpc) is 3.06. The van der Waals surface area contributed by atoms with Crippen molar-refractivity contribution in [3.05, 3.63) is 35.6 Å². The summed E-state index contributed by atoms with van der Waals surface area (Å²) < 4.78 is 13.3. The smallest absolute Gasteiger partial charge is 0.255 e. The van der Waals surface area contributed by atoms with Crippen LogP contribution < -0.4 is 5.32 Å². The van der Waals surface area contributed by atoms with Crippen LogP contribution in [0.4, 0.5) is 4.39 Å². The minimum Gasteiger partial charge on any atom is -0.350 e. The summed E-state index contributed by atoms with van der Waals surface area (Å²) in [5, 5.41) is 3.04. The Morgan fingerprint density at radius 2 is 1.74 bits per heavy atom. The lowest BCUT2D eigenvalue weighted by molar-refractivity contribution is -0.126. The van der Waals surface area contributed by atoms with Gasteiger partial charge < -0.3 is 10.2 Å². The van der Waals surface area contributed by atoms with Crippen LogP contribution in [0.2, 0.25) is 0 Å². The van der Waals surface area contributed by atoms with Crippen LogP contribution >= 0.6 is 11.8 Å². The van der Waals surface area contributed by atoms with Gasteiger partial charge in [0.05, 0.1) is 5.37 Å². The van der Waals surface area contributed by atoms with Crippen molar-refractivity contribution in [1.82, 2.24) is 10.2 Å². The van der Waals surface area contributed by atoms with Gasteiger partial charge in [0, 0.05) is 16.9 Å². The molecule has 0 aromatic heterocycles. The first-order valence-corrected chi connectivity index (χ1v) is 10.8. The Hall–Kier alpha value is -1.56. The van der Waals surface area contributed by atoms with Crippen LogP contribution in [0.3, 0.4) is 0 Å². The Bertz CT molecular complexity index is 680. The molecule has 1 saturated heterocycles. The van der Waals surface area contributed by atoms with E-state index in [2.05, 4.69) is 5.32 Å². The molecule has 1 N–H and O–H groups in total. The first-order chi connectivity index (χ1) is 12.8. The van der Waals surface area contributed by atoms with E-state index in [1.807, 2.05) is 20.8 Å². The van der Waals surface area contributed by atoms with Crippen LogP contribution in [0.1, 0.15) is 63.2 Å². The van der Waals surface area contributed by atoms with E-state index in [4.69, 9.17) is 0 Å². The maximum atomic E-state index is 13.3.